The molecule has 2 aromatic carbocycles. The quantitative estimate of drug-likeness (QED) is 0.610. The molecule has 0 spiro atoms. The number of nitrogen functional groups attached to an aromatic ring is 1. The zero-order valence-electron chi connectivity index (χ0n) is 11.1. The first kappa shape index (κ1) is 13.6. The number of nitrogens with zero attached hydrogens (tertiary/aromatic N) is 2. The summed E-state index contributed by atoms with van der Waals surface area (Å²) in [5.41, 5.74) is 11.1. The summed E-state index contributed by atoms with van der Waals surface area (Å²) in [5, 5.41) is 0. The Morgan fingerprint density at radius 2 is 1.90 bits per heavy atom. The number of anilines is 1. The van der Waals surface area contributed by atoms with Gasteiger partial charge in [0.1, 0.15) is 5.82 Å². The number of nitrogens with two attached hydrogens (primary N) is 1. The summed E-state index contributed by atoms with van der Waals surface area (Å²) >= 11 is 6.98. The van der Waals surface area contributed by atoms with E-state index in [0.29, 0.717) is 5.69 Å². The smallest absolute Gasteiger partial charge is 0.143 e. The number of aromatic nitrogens is 2. The van der Waals surface area contributed by atoms with Crippen molar-refractivity contribution in [1.29, 1.82) is 0 Å². The standard InChI is InChI=1S/C15H13Br2N3/c1-8-3-4-13-12(5-8)19-15(20(13)2)10-6-9(16)7-11(17)14(10)18/h3-7H,18H2,1-2H3. The largest absolute Gasteiger partial charge is 0.397 e. The molecule has 0 unspecified atom stereocenters. The van der Waals surface area contributed by atoms with Crippen molar-refractivity contribution >= 4 is 48.6 Å². The molecule has 0 aliphatic carbocycles. The van der Waals surface area contributed by atoms with Crippen molar-refractivity contribution in [2.24, 2.45) is 7.05 Å². The lowest BCUT2D eigenvalue weighted by Gasteiger charge is -2.08. The summed E-state index contributed by atoms with van der Waals surface area (Å²) in [4.78, 5) is 4.73. The van der Waals surface area contributed by atoms with Gasteiger partial charge in [-0.25, -0.2) is 4.98 Å². The van der Waals surface area contributed by atoms with Gasteiger partial charge in [-0.2, -0.15) is 0 Å². The summed E-state index contributed by atoms with van der Waals surface area (Å²) in [6, 6.07) is 10.2. The number of hydrogen-bond donors (Lipinski definition) is 1. The zero-order valence-corrected chi connectivity index (χ0v) is 14.3. The molecule has 102 valence electrons. The van der Waals surface area contributed by atoms with Crippen LogP contribution in [0.4, 0.5) is 5.69 Å². The van der Waals surface area contributed by atoms with Gasteiger partial charge in [-0.15, -0.1) is 0 Å². The van der Waals surface area contributed by atoms with E-state index in [1.807, 2.05) is 19.2 Å². The minimum Gasteiger partial charge on any atom is -0.397 e. The molecule has 0 saturated heterocycles. The number of fused-ring (bicyclic) bond motifs is 1. The van der Waals surface area contributed by atoms with Crippen LogP contribution in [-0.4, -0.2) is 9.55 Å². The first-order valence-electron chi connectivity index (χ1n) is 6.15. The molecule has 0 radical (unpaired) electrons. The average molecular weight is 395 g/mol. The maximum atomic E-state index is 6.18. The fraction of sp³-hybridized carbons (Fsp3) is 0.133. The number of hydrogen-bond acceptors (Lipinski definition) is 2. The number of halogens is 2. The second-order valence-electron chi connectivity index (χ2n) is 4.84. The lowest BCUT2D eigenvalue weighted by Crippen LogP contribution is -1.98. The topological polar surface area (TPSA) is 43.8 Å². The van der Waals surface area contributed by atoms with Crippen LogP contribution >= 0.6 is 31.9 Å². The summed E-state index contributed by atoms with van der Waals surface area (Å²) in [7, 11) is 2.01. The van der Waals surface area contributed by atoms with E-state index >= 15 is 0 Å². The lowest BCUT2D eigenvalue weighted by atomic mass is 10.1. The molecule has 3 aromatic rings. The molecule has 0 aliphatic heterocycles. The van der Waals surface area contributed by atoms with Crippen LogP contribution in [0.5, 0.6) is 0 Å². The van der Waals surface area contributed by atoms with Crippen molar-refractivity contribution in [3.8, 4) is 11.4 Å². The third-order valence-electron chi connectivity index (χ3n) is 3.37. The Balaban J connectivity index is 2.32. The van der Waals surface area contributed by atoms with Gasteiger partial charge in [0.2, 0.25) is 0 Å². The van der Waals surface area contributed by atoms with Crippen LogP contribution in [0.1, 0.15) is 5.56 Å². The monoisotopic (exact) mass is 393 g/mol. The minimum absolute atomic E-state index is 0.698. The zero-order chi connectivity index (χ0) is 14.4. The molecule has 5 heteroatoms. The molecule has 0 aliphatic rings. The van der Waals surface area contributed by atoms with Crippen LogP contribution in [0.15, 0.2) is 39.3 Å². The Kier molecular flexibility index (Phi) is 3.34. The predicted octanol–water partition coefficient (Wildman–Crippen LogP) is 4.66. The van der Waals surface area contributed by atoms with Gasteiger partial charge in [0.15, 0.2) is 0 Å². The Morgan fingerprint density at radius 1 is 1.15 bits per heavy atom. The second kappa shape index (κ2) is 4.90. The molecule has 3 rings (SSSR count). The van der Waals surface area contributed by atoms with Crippen molar-refractivity contribution in [1.82, 2.24) is 9.55 Å². The summed E-state index contributed by atoms with van der Waals surface area (Å²) < 4.78 is 3.90. The number of rotatable bonds is 1. The van der Waals surface area contributed by atoms with Crippen LogP contribution in [-0.2, 0) is 7.05 Å². The van der Waals surface area contributed by atoms with Gasteiger partial charge in [-0.05, 0) is 52.7 Å². The van der Waals surface area contributed by atoms with Crippen LogP contribution in [0.2, 0.25) is 0 Å². The first-order chi connectivity index (χ1) is 9.47. The molecule has 0 bridgehead atoms. The Labute approximate surface area is 134 Å². The first-order valence-corrected chi connectivity index (χ1v) is 7.74. The van der Waals surface area contributed by atoms with E-state index in [2.05, 4.69) is 61.5 Å². The van der Waals surface area contributed by atoms with E-state index in [1.165, 1.54) is 5.56 Å². The number of imidazole rings is 1. The highest BCUT2D eigenvalue weighted by atomic mass is 79.9. The molecule has 20 heavy (non-hydrogen) atoms. The minimum atomic E-state index is 0.698. The third kappa shape index (κ3) is 2.15. The lowest BCUT2D eigenvalue weighted by molar-refractivity contribution is 0.959. The molecule has 2 N–H and O–H groups in total. The SMILES string of the molecule is Cc1ccc2c(c1)nc(-c1cc(Br)cc(Br)c1N)n2C. The van der Waals surface area contributed by atoms with Gasteiger partial charge in [0, 0.05) is 21.6 Å². The van der Waals surface area contributed by atoms with Gasteiger partial charge in [0.25, 0.3) is 0 Å². The van der Waals surface area contributed by atoms with E-state index in [9.17, 15) is 0 Å². The van der Waals surface area contributed by atoms with E-state index in [4.69, 9.17) is 10.7 Å². The fourth-order valence-electron chi connectivity index (χ4n) is 2.32. The molecule has 0 saturated carbocycles. The van der Waals surface area contributed by atoms with Crippen molar-refractivity contribution in [2.45, 2.75) is 6.92 Å². The Morgan fingerprint density at radius 3 is 2.65 bits per heavy atom. The van der Waals surface area contributed by atoms with Gasteiger partial charge in [0.05, 0.1) is 16.7 Å². The predicted molar refractivity (Wildman–Crippen MR) is 90.7 cm³/mol. The summed E-state index contributed by atoms with van der Waals surface area (Å²) in [6.07, 6.45) is 0. The molecule has 0 amide bonds. The maximum absolute atomic E-state index is 6.18. The van der Waals surface area contributed by atoms with E-state index in [-0.39, 0.29) is 0 Å². The summed E-state index contributed by atoms with van der Waals surface area (Å²) in [6.45, 7) is 2.07. The molecule has 0 fully saturated rings. The van der Waals surface area contributed by atoms with Crippen molar-refractivity contribution in [3.05, 3.63) is 44.8 Å². The summed E-state index contributed by atoms with van der Waals surface area (Å²) in [5.74, 6) is 0.866. The van der Waals surface area contributed by atoms with Crippen molar-refractivity contribution in [2.75, 3.05) is 5.73 Å². The second-order valence-corrected chi connectivity index (χ2v) is 6.61. The van der Waals surface area contributed by atoms with Crippen LogP contribution in [0, 0.1) is 6.92 Å². The van der Waals surface area contributed by atoms with E-state index in [1.54, 1.807) is 0 Å². The van der Waals surface area contributed by atoms with Gasteiger partial charge >= 0.3 is 0 Å². The van der Waals surface area contributed by atoms with Crippen LogP contribution < -0.4 is 5.73 Å². The highest BCUT2D eigenvalue weighted by Crippen LogP contribution is 2.35. The average Bonchev–Trinajstić information content (AvgIpc) is 2.70. The Hall–Kier alpha value is -1.33. The van der Waals surface area contributed by atoms with Gasteiger partial charge in [-0.1, -0.05) is 22.0 Å². The maximum Gasteiger partial charge on any atom is 0.143 e. The van der Waals surface area contributed by atoms with Gasteiger partial charge < -0.3 is 10.3 Å². The highest BCUT2D eigenvalue weighted by Gasteiger charge is 2.14. The molecule has 1 heterocycles. The number of benzene rings is 2. The van der Waals surface area contributed by atoms with Crippen molar-refractivity contribution in [3.63, 3.8) is 0 Å². The van der Waals surface area contributed by atoms with Crippen LogP contribution in [0.3, 0.4) is 0 Å². The van der Waals surface area contributed by atoms with Crippen molar-refractivity contribution < 1.29 is 0 Å². The van der Waals surface area contributed by atoms with Crippen LogP contribution in [0.25, 0.3) is 22.4 Å². The fourth-order valence-corrected chi connectivity index (χ4v) is 3.55. The normalized spacial score (nSPS) is 11.2. The molecular formula is C15H13Br2N3. The third-order valence-corrected chi connectivity index (χ3v) is 4.49. The highest BCUT2D eigenvalue weighted by molar-refractivity contribution is 9.11. The molecule has 3 nitrogen and oxygen atoms in total. The molecular weight excluding hydrogens is 382 g/mol. The van der Waals surface area contributed by atoms with E-state index < -0.39 is 0 Å². The van der Waals surface area contributed by atoms with E-state index in [0.717, 1.165) is 31.4 Å². The molecule has 1 aromatic heterocycles. The number of aryl methyl sites for hydroxylation is 2. The Bertz CT molecular complexity index is 822. The molecule has 0 atom stereocenters. The van der Waals surface area contributed by atoms with Gasteiger partial charge in [-0.3, -0.25) is 0 Å².